The molecule has 0 aliphatic carbocycles. The molecule has 0 spiro atoms. The molecule has 1 atom stereocenters. The first-order valence-corrected chi connectivity index (χ1v) is 8.68. The molecular formula is C19H22F3N3O. The molecule has 4 nitrogen and oxygen atoms in total. The van der Waals surface area contributed by atoms with Crippen molar-refractivity contribution in [1.29, 1.82) is 0 Å². The van der Waals surface area contributed by atoms with Gasteiger partial charge in [-0.3, -0.25) is 4.90 Å². The minimum Gasteiger partial charge on any atom is -0.392 e. The number of halogens is 3. The highest BCUT2D eigenvalue weighted by Gasteiger charge is 2.30. The fourth-order valence-electron chi connectivity index (χ4n) is 3.47. The van der Waals surface area contributed by atoms with Gasteiger partial charge in [-0.15, -0.1) is 0 Å². The first-order valence-electron chi connectivity index (χ1n) is 8.68. The van der Waals surface area contributed by atoms with Crippen molar-refractivity contribution in [1.82, 2.24) is 14.9 Å². The zero-order chi connectivity index (χ0) is 18.7. The molecule has 2 heterocycles. The zero-order valence-electron chi connectivity index (χ0n) is 14.6. The Balaban J connectivity index is 1.70. The molecule has 0 amide bonds. The molecule has 1 saturated heterocycles. The summed E-state index contributed by atoms with van der Waals surface area (Å²) >= 11 is 0. The smallest absolute Gasteiger partial charge is 0.392 e. The van der Waals surface area contributed by atoms with E-state index in [1.807, 2.05) is 6.92 Å². The van der Waals surface area contributed by atoms with E-state index in [4.69, 9.17) is 0 Å². The van der Waals surface area contributed by atoms with Crippen LogP contribution in [0.4, 0.5) is 13.2 Å². The lowest BCUT2D eigenvalue weighted by Gasteiger charge is -2.33. The van der Waals surface area contributed by atoms with Gasteiger partial charge in [0.15, 0.2) is 0 Å². The van der Waals surface area contributed by atoms with Crippen molar-refractivity contribution in [2.45, 2.75) is 45.0 Å². The van der Waals surface area contributed by atoms with Crippen LogP contribution in [0.5, 0.6) is 0 Å². The van der Waals surface area contributed by atoms with Gasteiger partial charge in [-0.25, -0.2) is 9.97 Å². The van der Waals surface area contributed by atoms with Crippen molar-refractivity contribution in [3.05, 3.63) is 58.7 Å². The van der Waals surface area contributed by atoms with Crippen molar-refractivity contribution >= 4 is 0 Å². The molecule has 26 heavy (non-hydrogen) atoms. The number of hydrogen-bond donors (Lipinski definition) is 1. The van der Waals surface area contributed by atoms with Gasteiger partial charge >= 0.3 is 6.18 Å². The molecule has 1 aromatic heterocycles. The molecule has 1 fully saturated rings. The molecule has 1 aromatic carbocycles. The summed E-state index contributed by atoms with van der Waals surface area (Å²) in [5, 5.41) is 9.55. The minimum absolute atomic E-state index is 0.0922. The second-order valence-electron chi connectivity index (χ2n) is 6.75. The maximum absolute atomic E-state index is 12.7. The van der Waals surface area contributed by atoms with Crippen molar-refractivity contribution in [3.63, 3.8) is 0 Å². The fourth-order valence-corrected chi connectivity index (χ4v) is 3.47. The summed E-state index contributed by atoms with van der Waals surface area (Å²) in [6, 6.07) is 5.35. The molecule has 1 N–H and O–H groups in total. The van der Waals surface area contributed by atoms with E-state index in [0.717, 1.165) is 54.9 Å². The molecule has 1 aliphatic rings. The topological polar surface area (TPSA) is 49.3 Å². The number of nitrogens with zero attached hydrogens (tertiary/aromatic N) is 3. The van der Waals surface area contributed by atoms with Gasteiger partial charge in [0.05, 0.1) is 17.9 Å². The molecule has 1 aliphatic heterocycles. The van der Waals surface area contributed by atoms with E-state index in [2.05, 4.69) is 14.9 Å². The van der Waals surface area contributed by atoms with Gasteiger partial charge in [-0.2, -0.15) is 13.2 Å². The van der Waals surface area contributed by atoms with Crippen LogP contribution in [-0.4, -0.2) is 33.1 Å². The third kappa shape index (κ3) is 4.40. The van der Waals surface area contributed by atoms with E-state index in [1.165, 1.54) is 0 Å². The Morgan fingerprint density at radius 3 is 2.62 bits per heavy atom. The number of alkyl halides is 3. The average Bonchev–Trinajstić information content (AvgIpc) is 2.61. The summed E-state index contributed by atoms with van der Waals surface area (Å²) in [6.07, 6.45) is -0.668. The van der Waals surface area contributed by atoms with Gasteiger partial charge in [0.25, 0.3) is 0 Å². The van der Waals surface area contributed by atoms with Gasteiger partial charge in [0, 0.05) is 30.8 Å². The van der Waals surface area contributed by atoms with E-state index >= 15 is 0 Å². The van der Waals surface area contributed by atoms with Crippen LogP contribution in [0.1, 0.15) is 47.0 Å². The van der Waals surface area contributed by atoms with Gasteiger partial charge in [-0.05, 0) is 44.0 Å². The summed E-state index contributed by atoms with van der Waals surface area (Å²) in [5.41, 5.74) is 1.87. The van der Waals surface area contributed by atoms with Gasteiger partial charge in [0.2, 0.25) is 0 Å². The Labute approximate surface area is 150 Å². The molecule has 0 bridgehead atoms. The van der Waals surface area contributed by atoms with Crippen LogP contribution in [-0.2, 0) is 19.3 Å². The van der Waals surface area contributed by atoms with E-state index < -0.39 is 11.7 Å². The number of piperidine rings is 1. The van der Waals surface area contributed by atoms with Crippen LogP contribution < -0.4 is 0 Å². The molecule has 2 aromatic rings. The number of rotatable bonds is 4. The van der Waals surface area contributed by atoms with Gasteiger partial charge in [-0.1, -0.05) is 12.1 Å². The van der Waals surface area contributed by atoms with Crippen LogP contribution in [0.25, 0.3) is 0 Å². The average molecular weight is 365 g/mol. The predicted octanol–water partition coefficient (Wildman–Crippen LogP) is 3.68. The predicted molar refractivity (Wildman–Crippen MR) is 91.4 cm³/mol. The minimum atomic E-state index is -4.31. The number of hydrogen-bond acceptors (Lipinski definition) is 4. The summed E-state index contributed by atoms with van der Waals surface area (Å²) < 4.78 is 38.0. The zero-order valence-corrected chi connectivity index (χ0v) is 14.6. The van der Waals surface area contributed by atoms with Gasteiger partial charge < -0.3 is 5.11 Å². The lowest BCUT2D eigenvalue weighted by Crippen LogP contribution is -2.34. The van der Waals surface area contributed by atoms with E-state index in [1.54, 1.807) is 18.3 Å². The maximum Gasteiger partial charge on any atom is 0.416 e. The normalized spacial score (nSPS) is 18.9. The monoisotopic (exact) mass is 365 g/mol. The second-order valence-corrected chi connectivity index (χ2v) is 6.75. The quantitative estimate of drug-likeness (QED) is 0.898. The van der Waals surface area contributed by atoms with E-state index in [9.17, 15) is 18.3 Å². The number of likely N-dealkylation sites (tertiary alicyclic amines) is 1. The number of aliphatic hydroxyl groups is 1. The van der Waals surface area contributed by atoms with Crippen LogP contribution in [0.3, 0.4) is 0 Å². The van der Waals surface area contributed by atoms with E-state index in [0.29, 0.717) is 12.4 Å². The summed E-state index contributed by atoms with van der Waals surface area (Å²) in [6.45, 7) is 4.01. The van der Waals surface area contributed by atoms with Gasteiger partial charge in [0.1, 0.15) is 5.82 Å². The molecular weight excluding hydrogens is 343 g/mol. The van der Waals surface area contributed by atoms with Crippen molar-refractivity contribution in [2.24, 2.45) is 0 Å². The lowest BCUT2D eigenvalue weighted by molar-refractivity contribution is -0.137. The largest absolute Gasteiger partial charge is 0.416 e. The van der Waals surface area contributed by atoms with Crippen molar-refractivity contribution in [2.75, 3.05) is 13.1 Å². The molecule has 0 radical (unpaired) electrons. The maximum atomic E-state index is 12.7. The summed E-state index contributed by atoms with van der Waals surface area (Å²) in [4.78, 5) is 10.9. The standard InChI is InChI=1S/C19H22F3N3O/c1-13-23-9-16(12-26)18(24-13)15-3-2-8-25(11-15)10-14-4-6-17(7-5-14)19(20,21)22/h4-7,9,15,26H,2-3,8,10-12H2,1H3. The highest BCUT2D eigenvalue weighted by molar-refractivity contribution is 5.25. The fraction of sp³-hybridized carbons (Fsp3) is 0.474. The summed E-state index contributed by atoms with van der Waals surface area (Å²) in [7, 11) is 0. The second kappa shape index (κ2) is 7.72. The van der Waals surface area contributed by atoms with Crippen molar-refractivity contribution in [3.8, 4) is 0 Å². The van der Waals surface area contributed by atoms with Crippen LogP contribution in [0.2, 0.25) is 0 Å². The SMILES string of the molecule is Cc1ncc(CO)c(C2CCCN(Cc3ccc(C(F)(F)F)cc3)C2)n1. The highest BCUT2D eigenvalue weighted by atomic mass is 19.4. The molecule has 3 rings (SSSR count). The number of aromatic nitrogens is 2. The number of aryl methyl sites for hydroxylation is 1. The molecule has 1 unspecified atom stereocenters. The first-order chi connectivity index (χ1) is 12.4. The molecule has 7 heteroatoms. The molecule has 140 valence electrons. The Morgan fingerprint density at radius 2 is 1.96 bits per heavy atom. The Morgan fingerprint density at radius 1 is 1.23 bits per heavy atom. The third-order valence-electron chi connectivity index (χ3n) is 4.77. The Hall–Kier alpha value is -1.99. The van der Waals surface area contributed by atoms with Crippen LogP contribution >= 0.6 is 0 Å². The van der Waals surface area contributed by atoms with Crippen LogP contribution in [0.15, 0.2) is 30.5 Å². The van der Waals surface area contributed by atoms with Crippen molar-refractivity contribution < 1.29 is 18.3 Å². The number of benzene rings is 1. The lowest BCUT2D eigenvalue weighted by atomic mass is 9.91. The Bertz CT molecular complexity index is 747. The molecule has 0 saturated carbocycles. The van der Waals surface area contributed by atoms with E-state index in [-0.39, 0.29) is 12.5 Å². The Kier molecular flexibility index (Phi) is 5.58. The highest BCUT2D eigenvalue weighted by Crippen LogP contribution is 2.31. The third-order valence-corrected chi connectivity index (χ3v) is 4.77. The van der Waals surface area contributed by atoms with Crippen LogP contribution in [0, 0.1) is 6.92 Å². The first kappa shape index (κ1) is 18.8. The summed E-state index contributed by atoms with van der Waals surface area (Å²) in [5.74, 6) is 0.874. The number of aliphatic hydroxyl groups excluding tert-OH is 1.